The number of hydrogen-bond donors (Lipinski definition) is 1. The van der Waals surface area contributed by atoms with Gasteiger partial charge in [-0.3, -0.25) is 4.90 Å². The van der Waals surface area contributed by atoms with Crippen LogP contribution in [0.25, 0.3) is 11.5 Å². The van der Waals surface area contributed by atoms with Crippen LogP contribution < -0.4 is 5.76 Å². The van der Waals surface area contributed by atoms with Crippen molar-refractivity contribution in [3.05, 3.63) is 111 Å². The SMILES string of the molecule is CC(C)(F)[C@H](c1cc(F)cc(-c2n[nH]c(=O)o2)c1)C1CN(C(c2ccc(C#N)cc2)c2cccc(C#N)c2)C1. The average Bonchev–Trinajstić information content (AvgIpc) is 3.33. The number of halogens is 2. The molecule has 1 aliphatic heterocycles. The molecule has 0 aliphatic carbocycles. The molecule has 9 heteroatoms. The Bertz CT molecular complexity index is 1630. The van der Waals surface area contributed by atoms with Crippen molar-refractivity contribution in [1.29, 1.82) is 10.5 Å². The number of nitrogens with one attached hydrogen (secondary N) is 1. The van der Waals surface area contributed by atoms with Crippen molar-refractivity contribution in [1.82, 2.24) is 15.1 Å². The Morgan fingerprint density at radius 1 is 1.00 bits per heavy atom. The van der Waals surface area contributed by atoms with E-state index in [9.17, 15) is 19.7 Å². The maximum Gasteiger partial charge on any atom is 0.434 e. The molecule has 1 unspecified atom stereocenters. The van der Waals surface area contributed by atoms with Gasteiger partial charge in [0.15, 0.2) is 0 Å². The van der Waals surface area contributed by atoms with Crippen LogP contribution >= 0.6 is 0 Å². The van der Waals surface area contributed by atoms with Crippen molar-refractivity contribution < 1.29 is 13.2 Å². The van der Waals surface area contributed by atoms with Crippen LogP contribution in [0.2, 0.25) is 0 Å². The predicted molar refractivity (Wildman–Crippen MR) is 140 cm³/mol. The number of likely N-dealkylation sites (tertiary alicyclic amines) is 1. The molecule has 7 nitrogen and oxygen atoms in total. The van der Waals surface area contributed by atoms with Crippen LogP contribution in [0.3, 0.4) is 0 Å². The first-order chi connectivity index (χ1) is 18.7. The number of nitrogens with zero attached hydrogens (tertiary/aromatic N) is 4. The van der Waals surface area contributed by atoms with E-state index in [0.29, 0.717) is 29.8 Å². The van der Waals surface area contributed by atoms with E-state index in [0.717, 1.165) is 11.1 Å². The monoisotopic (exact) mass is 525 g/mol. The van der Waals surface area contributed by atoms with Gasteiger partial charge in [0.05, 0.1) is 29.3 Å². The number of aromatic nitrogens is 2. The summed E-state index contributed by atoms with van der Waals surface area (Å²) >= 11 is 0. The van der Waals surface area contributed by atoms with E-state index in [1.54, 1.807) is 24.3 Å². The Hall–Kier alpha value is -4.60. The number of aromatic amines is 1. The van der Waals surface area contributed by atoms with Gasteiger partial charge in [0.1, 0.15) is 11.5 Å². The number of nitriles is 2. The third-order valence-corrected chi connectivity index (χ3v) is 7.17. The molecule has 0 radical (unpaired) electrons. The molecule has 1 saturated heterocycles. The van der Waals surface area contributed by atoms with E-state index in [2.05, 4.69) is 27.2 Å². The summed E-state index contributed by atoms with van der Waals surface area (Å²) in [6, 6.07) is 22.9. The highest BCUT2D eigenvalue weighted by atomic mass is 19.1. The first kappa shape index (κ1) is 26.0. The van der Waals surface area contributed by atoms with E-state index in [1.165, 1.54) is 26.0 Å². The van der Waals surface area contributed by atoms with Crippen LogP contribution in [0.4, 0.5) is 8.78 Å². The smallest absolute Gasteiger partial charge is 0.388 e. The highest BCUT2D eigenvalue weighted by Crippen LogP contribution is 2.46. The number of benzene rings is 3. The lowest BCUT2D eigenvalue weighted by atomic mass is 9.72. The summed E-state index contributed by atoms with van der Waals surface area (Å²) in [4.78, 5) is 13.6. The van der Waals surface area contributed by atoms with E-state index in [4.69, 9.17) is 4.42 Å². The van der Waals surface area contributed by atoms with Crippen molar-refractivity contribution >= 4 is 0 Å². The summed E-state index contributed by atoms with van der Waals surface area (Å²) in [7, 11) is 0. The zero-order chi connectivity index (χ0) is 27.7. The summed E-state index contributed by atoms with van der Waals surface area (Å²) in [5, 5.41) is 24.6. The lowest BCUT2D eigenvalue weighted by Gasteiger charge is -2.50. The van der Waals surface area contributed by atoms with Gasteiger partial charge in [-0.1, -0.05) is 24.3 Å². The predicted octanol–water partition coefficient (Wildman–Crippen LogP) is 5.47. The highest BCUT2D eigenvalue weighted by molar-refractivity contribution is 5.55. The molecule has 4 aromatic rings. The topological polar surface area (TPSA) is 110 Å². The second kappa shape index (κ2) is 10.3. The summed E-state index contributed by atoms with van der Waals surface area (Å²) in [5.41, 5.74) is 1.95. The molecule has 2 heterocycles. The maximum atomic E-state index is 15.7. The molecule has 0 bridgehead atoms. The lowest BCUT2D eigenvalue weighted by Crippen LogP contribution is -2.53. The molecule has 196 valence electrons. The fourth-order valence-electron chi connectivity index (χ4n) is 5.60. The maximum absolute atomic E-state index is 15.7. The Morgan fingerprint density at radius 3 is 2.33 bits per heavy atom. The van der Waals surface area contributed by atoms with Gasteiger partial charge in [-0.05, 0) is 78.9 Å². The summed E-state index contributed by atoms with van der Waals surface area (Å²) < 4.78 is 35.4. The fourth-order valence-corrected chi connectivity index (χ4v) is 5.60. The first-order valence-corrected chi connectivity index (χ1v) is 12.5. The highest BCUT2D eigenvalue weighted by Gasteiger charge is 2.45. The van der Waals surface area contributed by atoms with Crippen LogP contribution in [0.15, 0.2) is 75.9 Å². The van der Waals surface area contributed by atoms with Crippen LogP contribution in [0.1, 0.15) is 53.6 Å². The van der Waals surface area contributed by atoms with Crippen molar-refractivity contribution in [2.45, 2.75) is 31.5 Å². The molecule has 0 saturated carbocycles. The molecule has 1 aliphatic rings. The van der Waals surface area contributed by atoms with Gasteiger partial charge in [0, 0.05) is 24.6 Å². The molecular formula is C30H25F2N5O2. The van der Waals surface area contributed by atoms with Gasteiger partial charge in [0.2, 0.25) is 5.89 Å². The van der Waals surface area contributed by atoms with Crippen LogP contribution in [0, 0.1) is 34.4 Å². The molecule has 0 amide bonds. The number of hydrogen-bond acceptors (Lipinski definition) is 6. The minimum atomic E-state index is -1.68. The summed E-state index contributed by atoms with van der Waals surface area (Å²) in [6.07, 6.45) is 0. The van der Waals surface area contributed by atoms with Crippen molar-refractivity contribution in [2.75, 3.05) is 13.1 Å². The van der Waals surface area contributed by atoms with Gasteiger partial charge >= 0.3 is 5.76 Å². The largest absolute Gasteiger partial charge is 0.434 e. The van der Waals surface area contributed by atoms with Gasteiger partial charge in [0.25, 0.3) is 0 Å². The second-order valence-electron chi connectivity index (χ2n) is 10.3. The molecule has 39 heavy (non-hydrogen) atoms. The first-order valence-electron chi connectivity index (χ1n) is 12.5. The number of alkyl halides is 1. The van der Waals surface area contributed by atoms with Gasteiger partial charge in [-0.15, -0.1) is 5.10 Å². The average molecular weight is 526 g/mol. The van der Waals surface area contributed by atoms with Crippen LogP contribution in [-0.2, 0) is 0 Å². The second-order valence-corrected chi connectivity index (χ2v) is 10.3. The molecule has 1 fully saturated rings. The van der Waals surface area contributed by atoms with Crippen LogP contribution in [-0.4, -0.2) is 33.9 Å². The third kappa shape index (κ3) is 5.36. The zero-order valence-electron chi connectivity index (χ0n) is 21.4. The minimum absolute atomic E-state index is 0.0651. The summed E-state index contributed by atoms with van der Waals surface area (Å²) in [5.74, 6) is -2.21. The number of H-pyrrole nitrogens is 1. The normalized spacial score (nSPS) is 15.6. The summed E-state index contributed by atoms with van der Waals surface area (Å²) in [6.45, 7) is 3.99. The Labute approximate surface area is 223 Å². The molecular weight excluding hydrogens is 500 g/mol. The van der Waals surface area contributed by atoms with E-state index in [1.807, 2.05) is 30.3 Å². The van der Waals surface area contributed by atoms with E-state index < -0.39 is 23.2 Å². The molecule has 0 spiro atoms. The molecule has 3 aromatic carbocycles. The van der Waals surface area contributed by atoms with E-state index in [-0.39, 0.29) is 23.4 Å². The fraction of sp³-hybridized carbons (Fsp3) is 0.267. The Kier molecular flexibility index (Phi) is 6.86. The minimum Gasteiger partial charge on any atom is -0.388 e. The quantitative estimate of drug-likeness (QED) is 0.343. The molecule has 2 atom stereocenters. The van der Waals surface area contributed by atoms with Crippen molar-refractivity contribution in [2.24, 2.45) is 5.92 Å². The Balaban J connectivity index is 1.48. The van der Waals surface area contributed by atoms with E-state index >= 15 is 4.39 Å². The third-order valence-electron chi connectivity index (χ3n) is 7.17. The van der Waals surface area contributed by atoms with Gasteiger partial charge < -0.3 is 4.42 Å². The zero-order valence-corrected chi connectivity index (χ0v) is 21.4. The molecule has 1 N–H and O–H groups in total. The molecule has 1 aromatic heterocycles. The van der Waals surface area contributed by atoms with Crippen molar-refractivity contribution in [3.63, 3.8) is 0 Å². The lowest BCUT2D eigenvalue weighted by molar-refractivity contribution is 0.00813. The van der Waals surface area contributed by atoms with Gasteiger partial charge in [-0.25, -0.2) is 18.7 Å². The molecule has 5 rings (SSSR count). The number of rotatable bonds is 7. The Morgan fingerprint density at radius 2 is 1.72 bits per heavy atom. The van der Waals surface area contributed by atoms with Crippen LogP contribution in [0.5, 0.6) is 0 Å². The van der Waals surface area contributed by atoms with Crippen molar-refractivity contribution in [3.8, 4) is 23.6 Å². The standard InChI is InChI=1S/C30H25F2N5O2/c1-30(2,32)26(22-11-23(13-25(31)12-22)28-35-36-29(38)39-28)24-16-37(17-24)27(20-8-6-18(14-33)7-9-20)21-5-3-4-19(10-21)15-34/h3-13,24,26-27H,16-17H2,1-2H3,(H,36,38)/t26-,27?/m1/s1. The van der Waals surface area contributed by atoms with Gasteiger partial charge in [-0.2, -0.15) is 10.5 Å².